The molecular formula is C19H20N4O. The molecule has 24 heavy (non-hydrogen) atoms. The van der Waals surface area contributed by atoms with Crippen molar-refractivity contribution in [3.05, 3.63) is 59.5 Å². The number of aryl methyl sites for hydroxylation is 1. The average Bonchev–Trinajstić information content (AvgIpc) is 3.00. The molecule has 3 aromatic rings. The average molecular weight is 320 g/mol. The smallest absolute Gasteiger partial charge is 0.256 e. The zero-order valence-corrected chi connectivity index (χ0v) is 13.9. The Kier molecular flexibility index (Phi) is 3.56. The van der Waals surface area contributed by atoms with Crippen LogP contribution in [0.5, 0.6) is 0 Å². The van der Waals surface area contributed by atoms with Crippen molar-refractivity contribution in [3.63, 3.8) is 0 Å². The molecule has 0 fully saturated rings. The lowest BCUT2D eigenvalue weighted by molar-refractivity contribution is 0.0655. The number of hydrogen-bond donors (Lipinski definition) is 0. The molecular weight excluding hydrogens is 300 g/mol. The maximum absolute atomic E-state index is 13.1. The Bertz CT molecular complexity index is 915. The maximum Gasteiger partial charge on any atom is 0.256 e. The highest BCUT2D eigenvalue weighted by atomic mass is 16.2. The topological polar surface area (TPSA) is 51.0 Å². The van der Waals surface area contributed by atoms with Crippen LogP contribution < -0.4 is 0 Å². The van der Waals surface area contributed by atoms with Gasteiger partial charge < -0.3 is 9.47 Å². The van der Waals surface area contributed by atoms with Gasteiger partial charge in [-0.05, 0) is 30.0 Å². The molecule has 2 aromatic heterocycles. The van der Waals surface area contributed by atoms with Gasteiger partial charge in [0.2, 0.25) is 0 Å². The van der Waals surface area contributed by atoms with Gasteiger partial charge in [-0.1, -0.05) is 31.2 Å². The molecule has 3 heterocycles. The molecule has 0 N–H and O–H groups in total. The van der Waals surface area contributed by atoms with Crippen LogP contribution in [0, 0.1) is 0 Å². The van der Waals surface area contributed by atoms with Gasteiger partial charge in [-0.15, -0.1) is 0 Å². The summed E-state index contributed by atoms with van der Waals surface area (Å²) in [5, 5.41) is 0. The first-order valence-corrected chi connectivity index (χ1v) is 8.35. The van der Waals surface area contributed by atoms with Crippen LogP contribution in [0.3, 0.4) is 0 Å². The maximum atomic E-state index is 13.1. The summed E-state index contributed by atoms with van der Waals surface area (Å²) in [6.07, 6.45) is 5.19. The summed E-state index contributed by atoms with van der Waals surface area (Å²) < 4.78 is 1.86. The molecule has 5 nitrogen and oxygen atoms in total. The van der Waals surface area contributed by atoms with E-state index in [0.29, 0.717) is 5.56 Å². The third-order valence-electron chi connectivity index (χ3n) is 4.86. The molecule has 0 aliphatic carbocycles. The number of fused-ring (bicyclic) bond motifs is 2. The minimum atomic E-state index is 0.0383. The summed E-state index contributed by atoms with van der Waals surface area (Å²) in [5.41, 5.74) is 4.79. The zero-order chi connectivity index (χ0) is 16.7. The number of imidazole rings is 1. The molecule has 0 spiro atoms. The molecule has 0 bridgehead atoms. The van der Waals surface area contributed by atoms with Crippen molar-refractivity contribution in [2.24, 2.45) is 7.05 Å². The Hall–Kier alpha value is -2.69. The number of benzene rings is 1. The summed E-state index contributed by atoms with van der Waals surface area (Å²) >= 11 is 0. The normalized spacial score (nSPS) is 17.1. The van der Waals surface area contributed by atoms with Gasteiger partial charge in [0.05, 0.1) is 17.9 Å². The van der Waals surface area contributed by atoms with Crippen molar-refractivity contribution in [3.8, 4) is 0 Å². The molecule has 5 heteroatoms. The molecule has 0 saturated carbocycles. The Morgan fingerprint density at radius 1 is 1.29 bits per heavy atom. The monoisotopic (exact) mass is 320 g/mol. The fourth-order valence-corrected chi connectivity index (χ4v) is 3.63. The van der Waals surface area contributed by atoms with Crippen molar-refractivity contribution in [1.29, 1.82) is 0 Å². The molecule has 0 saturated heterocycles. The Balaban J connectivity index is 1.70. The van der Waals surface area contributed by atoms with Crippen molar-refractivity contribution in [2.75, 3.05) is 6.54 Å². The minimum Gasteiger partial charge on any atom is -0.331 e. The second kappa shape index (κ2) is 5.74. The fraction of sp³-hybridized carbons (Fsp3) is 0.316. The Morgan fingerprint density at radius 2 is 2.12 bits per heavy atom. The Labute approximate surface area is 140 Å². The first-order chi connectivity index (χ1) is 11.7. The van der Waals surface area contributed by atoms with Gasteiger partial charge >= 0.3 is 0 Å². The molecule has 4 rings (SSSR count). The number of rotatable bonds is 2. The first kappa shape index (κ1) is 14.9. The SMILES string of the molecule is CCC1c2ccccc2CCN1C(=O)c1cnc2c(c1)ncn2C. The zero-order valence-electron chi connectivity index (χ0n) is 13.9. The third kappa shape index (κ3) is 2.28. The second-order valence-corrected chi connectivity index (χ2v) is 6.29. The largest absolute Gasteiger partial charge is 0.331 e. The van der Waals surface area contributed by atoms with E-state index >= 15 is 0 Å². The number of hydrogen-bond acceptors (Lipinski definition) is 3. The molecule has 1 aliphatic rings. The Morgan fingerprint density at radius 3 is 2.96 bits per heavy atom. The highest BCUT2D eigenvalue weighted by Gasteiger charge is 2.30. The van der Waals surface area contributed by atoms with E-state index in [4.69, 9.17) is 0 Å². The summed E-state index contributed by atoms with van der Waals surface area (Å²) in [4.78, 5) is 23.8. The predicted octanol–water partition coefficient (Wildman–Crippen LogP) is 3.12. The van der Waals surface area contributed by atoms with Gasteiger partial charge in [0.1, 0.15) is 5.52 Å². The first-order valence-electron chi connectivity index (χ1n) is 8.35. The lowest BCUT2D eigenvalue weighted by Crippen LogP contribution is -2.39. The molecule has 1 aliphatic heterocycles. The van der Waals surface area contributed by atoms with Gasteiger partial charge in [0.25, 0.3) is 5.91 Å². The van der Waals surface area contributed by atoms with Gasteiger partial charge in [-0.25, -0.2) is 9.97 Å². The van der Waals surface area contributed by atoms with E-state index in [0.717, 1.165) is 30.6 Å². The highest BCUT2D eigenvalue weighted by Crippen LogP contribution is 2.33. The van der Waals surface area contributed by atoms with Crippen LogP contribution in [0.1, 0.15) is 40.9 Å². The minimum absolute atomic E-state index is 0.0383. The van der Waals surface area contributed by atoms with Crippen LogP contribution in [-0.2, 0) is 13.5 Å². The van der Waals surface area contributed by atoms with Gasteiger partial charge in [0.15, 0.2) is 5.65 Å². The van der Waals surface area contributed by atoms with Crippen LogP contribution >= 0.6 is 0 Å². The molecule has 1 aromatic carbocycles. The van der Waals surface area contributed by atoms with Crippen molar-refractivity contribution in [2.45, 2.75) is 25.8 Å². The lowest BCUT2D eigenvalue weighted by Gasteiger charge is -2.37. The summed E-state index contributed by atoms with van der Waals surface area (Å²) in [7, 11) is 1.90. The van der Waals surface area contributed by atoms with Crippen molar-refractivity contribution >= 4 is 17.1 Å². The third-order valence-corrected chi connectivity index (χ3v) is 4.86. The standard InChI is InChI=1S/C19H20N4O/c1-3-17-15-7-5-4-6-13(15)8-9-23(17)19(24)14-10-16-18(20-11-14)22(2)12-21-16/h4-7,10-12,17H,3,8-9H2,1-2H3. The van der Waals surface area contributed by atoms with Gasteiger partial charge in [0, 0.05) is 19.8 Å². The number of aromatic nitrogens is 3. The van der Waals surface area contributed by atoms with Gasteiger partial charge in [-0.2, -0.15) is 0 Å². The van der Waals surface area contributed by atoms with E-state index in [9.17, 15) is 4.79 Å². The quantitative estimate of drug-likeness (QED) is 0.729. The van der Waals surface area contributed by atoms with E-state index in [2.05, 4.69) is 41.2 Å². The number of nitrogens with zero attached hydrogens (tertiary/aromatic N) is 4. The summed E-state index contributed by atoms with van der Waals surface area (Å²) in [6.45, 7) is 2.88. The number of carbonyl (C=O) groups excluding carboxylic acids is 1. The molecule has 1 unspecified atom stereocenters. The van der Waals surface area contributed by atoms with Crippen LogP contribution in [0.4, 0.5) is 0 Å². The molecule has 0 radical (unpaired) electrons. The highest BCUT2D eigenvalue weighted by molar-refractivity contribution is 5.96. The van der Waals surface area contributed by atoms with Crippen LogP contribution in [-0.4, -0.2) is 31.9 Å². The van der Waals surface area contributed by atoms with Crippen LogP contribution in [0.15, 0.2) is 42.9 Å². The molecule has 1 atom stereocenters. The van der Waals surface area contributed by atoms with Crippen molar-refractivity contribution < 1.29 is 4.79 Å². The lowest BCUT2D eigenvalue weighted by atomic mass is 9.90. The molecule has 1 amide bonds. The van der Waals surface area contributed by atoms with Gasteiger partial charge in [-0.3, -0.25) is 4.79 Å². The molecule has 122 valence electrons. The van der Waals surface area contributed by atoms with E-state index < -0.39 is 0 Å². The number of pyridine rings is 1. The van der Waals surface area contributed by atoms with E-state index in [1.54, 1.807) is 12.5 Å². The van der Waals surface area contributed by atoms with Crippen LogP contribution in [0.25, 0.3) is 11.2 Å². The van der Waals surface area contributed by atoms with E-state index in [1.165, 1.54) is 11.1 Å². The summed E-state index contributed by atoms with van der Waals surface area (Å²) in [6, 6.07) is 10.4. The summed E-state index contributed by atoms with van der Waals surface area (Å²) in [5.74, 6) is 0.0383. The fourth-order valence-electron chi connectivity index (χ4n) is 3.63. The van der Waals surface area contributed by atoms with E-state index in [1.807, 2.05) is 22.6 Å². The second-order valence-electron chi connectivity index (χ2n) is 6.29. The number of amides is 1. The number of carbonyl (C=O) groups is 1. The van der Waals surface area contributed by atoms with Crippen LogP contribution in [0.2, 0.25) is 0 Å². The predicted molar refractivity (Wildman–Crippen MR) is 92.7 cm³/mol. The van der Waals surface area contributed by atoms with Crippen molar-refractivity contribution in [1.82, 2.24) is 19.4 Å². The van der Waals surface area contributed by atoms with E-state index in [-0.39, 0.29) is 11.9 Å².